The lowest BCUT2D eigenvalue weighted by molar-refractivity contribution is 0.0154. The topological polar surface area (TPSA) is 59.0 Å². The van der Waals surface area contributed by atoms with Crippen molar-refractivity contribution in [2.24, 2.45) is 0 Å². The highest BCUT2D eigenvalue weighted by Crippen LogP contribution is 2.32. The molecule has 1 N–H and O–H groups in total. The fourth-order valence-electron chi connectivity index (χ4n) is 2.96. The van der Waals surface area contributed by atoms with Gasteiger partial charge in [-0.2, -0.15) is 0 Å². The molecule has 5 heteroatoms. The van der Waals surface area contributed by atoms with Gasteiger partial charge in [-0.05, 0) is 25.0 Å². The third kappa shape index (κ3) is 3.29. The van der Waals surface area contributed by atoms with Gasteiger partial charge < -0.3 is 19.5 Å². The SMILES string of the molecule is COc1cccc(OC)c1C(=O)N(C)CC1(O)CCCC1. The lowest BCUT2D eigenvalue weighted by Gasteiger charge is -2.29. The van der Waals surface area contributed by atoms with Crippen molar-refractivity contribution in [3.8, 4) is 11.5 Å². The average molecular weight is 293 g/mol. The molecule has 116 valence electrons. The number of rotatable bonds is 5. The number of ether oxygens (including phenoxy) is 2. The second kappa shape index (κ2) is 6.35. The van der Waals surface area contributed by atoms with E-state index in [4.69, 9.17) is 9.47 Å². The Kier molecular flexibility index (Phi) is 4.73. The monoisotopic (exact) mass is 293 g/mol. The van der Waals surface area contributed by atoms with E-state index in [0.717, 1.165) is 25.7 Å². The quantitative estimate of drug-likeness (QED) is 0.903. The van der Waals surface area contributed by atoms with Crippen LogP contribution in [0.25, 0.3) is 0 Å². The van der Waals surface area contributed by atoms with Gasteiger partial charge in [0, 0.05) is 13.6 Å². The Morgan fingerprint density at radius 1 is 1.24 bits per heavy atom. The van der Waals surface area contributed by atoms with Crippen LogP contribution in [0.2, 0.25) is 0 Å². The minimum absolute atomic E-state index is 0.204. The molecule has 0 saturated heterocycles. The van der Waals surface area contributed by atoms with Crippen molar-refractivity contribution in [1.29, 1.82) is 0 Å². The maximum Gasteiger partial charge on any atom is 0.261 e. The second-order valence-electron chi connectivity index (χ2n) is 5.63. The van der Waals surface area contributed by atoms with Crippen LogP contribution in [0.5, 0.6) is 11.5 Å². The zero-order chi connectivity index (χ0) is 15.5. The van der Waals surface area contributed by atoms with Crippen LogP contribution in [0.15, 0.2) is 18.2 Å². The van der Waals surface area contributed by atoms with Crippen molar-refractivity contribution in [2.75, 3.05) is 27.8 Å². The van der Waals surface area contributed by atoms with E-state index in [2.05, 4.69) is 0 Å². The molecule has 1 fully saturated rings. The molecule has 1 aromatic carbocycles. The Hall–Kier alpha value is -1.75. The van der Waals surface area contributed by atoms with E-state index >= 15 is 0 Å². The van der Waals surface area contributed by atoms with E-state index in [1.807, 2.05) is 0 Å². The fourth-order valence-corrected chi connectivity index (χ4v) is 2.96. The van der Waals surface area contributed by atoms with Gasteiger partial charge in [-0.1, -0.05) is 18.9 Å². The Labute approximate surface area is 125 Å². The molecule has 1 saturated carbocycles. The first-order valence-corrected chi connectivity index (χ1v) is 7.19. The van der Waals surface area contributed by atoms with Gasteiger partial charge in [0.05, 0.1) is 19.8 Å². The van der Waals surface area contributed by atoms with E-state index in [-0.39, 0.29) is 5.91 Å². The summed E-state index contributed by atoms with van der Waals surface area (Å²) in [5.74, 6) is 0.749. The maximum atomic E-state index is 12.7. The Bertz CT molecular complexity index is 487. The number of carbonyl (C=O) groups excluding carboxylic acids is 1. The van der Waals surface area contributed by atoms with E-state index in [1.165, 1.54) is 14.2 Å². The summed E-state index contributed by atoms with van der Waals surface area (Å²) >= 11 is 0. The summed E-state index contributed by atoms with van der Waals surface area (Å²) < 4.78 is 10.5. The third-order valence-corrected chi connectivity index (χ3v) is 4.05. The van der Waals surface area contributed by atoms with Gasteiger partial charge in [-0.15, -0.1) is 0 Å². The first-order chi connectivity index (χ1) is 10.0. The molecule has 0 heterocycles. The second-order valence-corrected chi connectivity index (χ2v) is 5.63. The molecule has 1 amide bonds. The van der Waals surface area contributed by atoms with Crippen LogP contribution >= 0.6 is 0 Å². The number of nitrogens with zero attached hydrogens (tertiary/aromatic N) is 1. The Balaban J connectivity index is 2.22. The minimum Gasteiger partial charge on any atom is -0.496 e. The highest BCUT2D eigenvalue weighted by molar-refractivity contribution is 5.99. The Morgan fingerprint density at radius 2 is 1.76 bits per heavy atom. The maximum absolute atomic E-state index is 12.7. The van der Waals surface area contributed by atoms with Gasteiger partial charge in [-0.3, -0.25) is 4.79 Å². The average Bonchev–Trinajstić information content (AvgIpc) is 2.91. The highest BCUT2D eigenvalue weighted by Gasteiger charge is 2.34. The summed E-state index contributed by atoms with van der Waals surface area (Å²) in [4.78, 5) is 14.2. The van der Waals surface area contributed by atoms with Crippen molar-refractivity contribution >= 4 is 5.91 Å². The lowest BCUT2D eigenvalue weighted by Crippen LogP contribution is -2.42. The molecule has 0 aliphatic heterocycles. The summed E-state index contributed by atoms with van der Waals surface area (Å²) in [5, 5.41) is 10.5. The van der Waals surface area contributed by atoms with Crippen LogP contribution in [0.1, 0.15) is 36.0 Å². The van der Waals surface area contributed by atoms with Crippen LogP contribution in [0.4, 0.5) is 0 Å². The largest absolute Gasteiger partial charge is 0.496 e. The van der Waals surface area contributed by atoms with Gasteiger partial charge in [0.1, 0.15) is 17.1 Å². The molecule has 0 aromatic heterocycles. The van der Waals surface area contributed by atoms with E-state index < -0.39 is 5.60 Å². The standard InChI is InChI=1S/C16H23NO4/c1-17(11-16(19)9-4-5-10-16)15(18)14-12(20-2)7-6-8-13(14)21-3/h6-8,19H,4-5,9-11H2,1-3H3. The number of carbonyl (C=O) groups is 1. The van der Waals surface area contributed by atoms with Gasteiger partial charge in [0.2, 0.25) is 0 Å². The van der Waals surface area contributed by atoms with Crippen LogP contribution in [0.3, 0.4) is 0 Å². The smallest absolute Gasteiger partial charge is 0.261 e. The van der Waals surface area contributed by atoms with Crippen molar-refractivity contribution in [3.63, 3.8) is 0 Å². The summed E-state index contributed by atoms with van der Waals surface area (Å²) in [5.41, 5.74) is -0.369. The van der Waals surface area contributed by atoms with Gasteiger partial charge >= 0.3 is 0 Å². The van der Waals surface area contributed by atoms with E-state index in [9.17, 15) is 9.90 Å². The molecular formula is C16H23NO4. The molecule has 21 heavy (non-hydrogen) atoms. The van der Waals surface area contributed by atoms with Crippen LogP contribution in [-0.2, 0) is 0 Å². The van der Waals surface area contributed by atoms with Crippen molar-refractivity contribution in [1.82, 2.24) is 4.90 Å². The summed E-state index contributed by atoms with van der Waals surface area (Å²) in [7, 11) is 4.75. The zero-order valence-corrected chi connectivity index (χ0v) is 12.9. The van der Waals surface area contributed by atoms with Gasteiger partial charge in [-0.25, -0.2) is 0 Å². The van der Waals surface area contributed by atoms with E-state index in [0.29, 0.717) is 23.6 Å². The number of amides is 1. The van der Waals surface area contributed by atoms with Gasteiger partial charge in [0.25, 0.3) is 5.91 Å². The fraction of sp³-hybridized carbons (Fsp3) is 0.562. The molecule has 0 atom stereocenters. The summed E-state index contributed by atoms with van der Waals surface area (Å²) in [6, 6.07) is 5.24. The number of hydrogen-bond acceptors (Lipinski definition) is 4. The van der Waals surface area contributed by atoms with E-state index in [1.54, 1.807) is 30.1 Å². The molecule has 1 aromatic rings. The van der Waals surface area contributed by atoms with Crippen molar-refractivity contribution in [3.05, 3.63) is 23.8 Å². The third-order valence-electron chi connectivity index (χ3n) is 4.05. The zero-order valence-electron chi connectivity index (χ0n) is 12.9. The number of benzene rings is 1. The number of aliphatic hydroxyl groups is 1. The first-order valence-electron chi connectivity index (χ1n) is 7.19. The number of hydrogen-bond donors (Lipinski definition) is 1. The molecule has 0 unspecified atom stereocenters. The minimum atomic E-state index is -0.764. The van der Waals surface area contributed by atoms with Crippen molar-refractivity contribution < 1.29 is 19.4 Å². The number of methoxy groups -OCH3 is 2. The molecule has 0 spiro atoms. The molecule has 0 bridgehead atoms. The highest BCUT2D eigenvalue weighted by atomic mass is 16.5. The molecule has 0 radical (unpaired) electrons. The normalized spacial score (nSPS) is 16.6. The van der Waals surface area contributed by atoms with Crippen LogP contribution < -0.4 is 9.47 Å². The Morgan fingerprint density at radius 3 is 2.24 bits per heavy atom. The molecule has 5 nitrogen and oxygen atoms in total. The van der Waals surface area contributed by atoms with Crippen molar-refractivity contribution in [2.45, 2.75) is 31.3 Å². The van der Waals surface area contributed by atoms with Gasteiger partial charge in [0.15, 0.2) is 0 Å². The first kappa shape index (κ1) is 15.6. The predicted molar refractivity (Wildman–Crippen MR) is 79.9 cm³/mol. The predicted octanol–water partition coefficient (Wildman–Crippen LogP) is 2.08. The number of likely N-dealkylation sites (N-methyl/N-ethyl adjacent to an activating group) is 1. The molecule has 2 rings (SSSR count). The molecule has 1 aliphatic carbocycles. The van der Waals surface area contributed by atoms with Crippen LogP contribution in [-0.4, -0.2) is 49.3 Å². The summed E-state index contributed by atoms with van der Waals surface area (Å²) in [6.45, 7) is 0.326. The summed E-state index contributed by atoms with van der Waals surface area (Å²) in [6.07, 6.45) is 3.51. The van der Waals surface area contributed by atoms with Crippen LogP contribution in [0, 0.1) is 0 Å². The molecular weight excluding hydrogens is 270 g/mol. The molecule has 1 aliphatic rings. The lowest BCUT2D eigenvalue weighted by atomic mass is 10.0.